The molecule has 1 atom stereocenters. The van der Waals surface area contributed by atoms with Crippen LogP contribution in [0.3, 0.4) is 0 Å². The predicted octanol–water partition coefficient (Wildman–Crippen LogP) is 2.22. The molecule has 1 aromatic carbocycles. The van der Waals surface area contributed by atoms with Crippen molar-refractivity contribution in [1.82, 2.24) is 9.88 Å². The van der Waals surface area contributed by atoms with Crippen molar-refractivity contribution in [2.24, 2.45) is 7.05 Å². The molecule has 0 aliphatic heterocycles. The van der Waals surface area contributed by atoms with Crippen molar-refractivity contribution in [2.45, 2.75) is 25.3 Å². The Balaban J connectivity index is 2.59. The second-order valence-corrected chi connectivity index (χ2v) is 5.64. The summed E-state index contributed by atoms with van der Waals surface area (Å²) >= 11 is 0. The average molecular weight is 274 g/mol. The first-order valence-electron chi connectivity index (χ1n) is 6.73. The van der Waals surface area contributed by atoms with Crippen molar-refractivity contribution in [3.8, 4) is 0 Å². The van der Waals surface area contributed by atoms with Crippen LogP contribution in [0.2, 0.25) is 0 Å². The molecule has 2 rings (SSSR count). The van der Waals surface area contributed by atoms with Crippen LogP contribution < -0.4 is 5.32 Å². The maximum Gasteiger partial charge on any atom is 0.323 e. The summed E-state index contributed by atoms with van der Waals surface area (Å²) in [7, 11) is 5.23. The zero-order valence-electron chi connectivity index (χ0n) is 12.7. The highest BCUT2D eigenvalue weighted by molar-refractivity contribution is 5.87. The van der Waals surface area contributed by atoms with Gasteiger partial charge in [0.15, 0.2) is 0 Å². The number of benzene rings is 1. The number of ether oxygens (including phenoxy) is 1. The monoisotopic (exact) mass is 274 g/mol. The highest BCUT2D eigenvalue weighted by atomic mass is 16.5. The number of esters is 1. The minimum atomic E-state index is -0.390. The van der Waals surface area contributed by atoms with Gasteiger partial charge in [0.05, 0.1) is 7.11 Å². The molecule has 0 bridgehead atoms. The van der Waals surface area contributed by atoms with Crippen LogP contribution in [-0.2, 0) is 22.0 Å². The van der Waals surface area contributed by atoms with Gasteiger partial charge in [0.1, 0.15) is 6.04 Å². The molecule has 0 fully saturated rings. The predicted molar refractivity (Wildman–Crippen MR) is 80.8 cm³/mol. The molecule has 0 aliphatic carbocycles. The summed E-state index contributed by atoms with van der Waals surface area (Å²) in [6, 6.07) is 7.83. The number of hydrogen-bond acceptors (Lipinski definition) is 3. The molecular formula is C16H22N2O2. The van der Waals surface area contributed by atoms with E-state index in [9.17, 15) is 4.79 Å². The van der Waals surface area contributed by atoms with Gasteiger partial charge in [-0.25, -0.2) is 0 Å². The molecule has 1 aromatic heterocycles. The molecule has 4 nitrogen and oxygen atoms in total. The van der Waals surface area contributed by atoms with Crippen molar-refractivity contribution in [2.75, 3.05) is 14.2 Å². The molecule has 2 aromatic rings. The molecule has 20 heavy (non-hydrogen) atoms. The fourth-order valence-corrected chi connectivity index (χ4v) is 2.90. The summed E-state index contributed by atoms with van der Waals surface area (Å²) < 4.78 is 7.02. The Labute approximate surface area is 119 Å². The third-order valence-corrected chi connectivity index (χ3v) is 4.04. The van der Waals surface area contributed by atoms with Crippen LogP contribution in [0.4, 0.5) is 0 Å². The zero-order valence-corrected chi connectivity index (χ0v) is 12.7. The van der Waals surface area contributed by atoms with Gasteiger partial charge in [-0.15, -0.1) is 0 Å². The number of hydrogen-bond donors (Lipinski definition) is 1. The van der Waals surface area contributed by atoms with Gasteiger partial charge in [-0.3, -0.25) is 4.79 Å². The van der Waals surface area contributed by atoms with Crippen molar-refractivity contribution < 1.29 is 9.53 Å². The maximum atomic E-state index is 12.0. The Kier molecular flexibility index (Phi) is 3.86. The van der Waals surface area contributed by atoms with E-state index < -0.39 is 6.04 Å². The summed E-state index contributed by atoms with van der Waals surface area (Å²) in [6.45, 7) is 4.12. The van der Waals surface area contributed by atoms with E-state index in [-0.39, 0.29) is 11.4 Å². The van der Waals surface area contributed by atoms with Gasteiger partial charge in [0.25, 0.3) is 0 Å². The molecule has 0 saturated heterocycles. The van der Waals surface area contributed by atoms with Crippen molar-refractivity contribution in [3.05, 3.63) is 36.0 Å². The largest absolute Gasteiger partial charge is 0.468 e. The van der Waals surface area contributed by atoms with E-state index in [1.54, 1.807) is 7.05 Å². The van der Waals surface area contributed by atoms with E-state index in [4.69, 9.17) is 4.74 Å². The second-order valence-electron chi connectivity index (χ2n) is 5.64. The van der Waals surface area contributed by atoms with E-state index in [0.29, 0.717) is 0 Å². The number of carbonyl (C=O) groups excluding carboxylic acids is 1. The fourth-order valence-electron chi connectivity index (χ4n) is 2.90. The topological polar surface area (TPSA) is 43.3 Å². The molecule has 1 heterocycles. The Bertz CT molecular complexity index is 628. The molecule has 108 valence electrons. The summed E-state index contributed by atoms with van der Waals surface area (Å²) in [6.07, 6.45) is 2.10. The molecule has 0 unspecified atom stereocenters. The normalized spacial score (nSPS) is 13.4. The smallest absolute Gasteiger partial charge is 0.323 e. The molecule has 1 N–H and O–H groups in total. The van der Waals surface area contributed by atoms with Crippen molar-refractivity contribution in [3.63, 3.8) is 0 Å². The van der Waals surface area contributed by atoms with Crippen LogP contribution >= 0.6 is 0 Å². The highest BCUT2D eigenvalue weighted by Gasteiger charge is 2.38. The van der Waals surface area contributed by atoms with Crippen molar-refractivity contribution in [1.29, 1.82) is 0 Å². The van der Waals surface area contributed by atoms with Gasteiger partial charge in [0.2, 0.25) is 0 Å². The number of aryl methyl sites for hydroxylation is 1. The van der Waals surface area contributed by atoms with Gasteiger partial charge >= 0.3 is 5.97 Å². The number of fused-ring (bicyclic) bond motifs is 1. The van der Waals surface area contributed by atoms with Crippen LogP contribution in [0, 0.1) is 0 Å². The van der Waals surface area contributed by atoms with E-state index in [2.05, 4.69) is 42.1 Å². The van der Waals surface area contributed by atoms with Gasteiger partial charge in [-0.1, -0.05) is 32.0 Å². The number of carbonyl (C=O) groups is 1. The lowest BCUT2D eigenvalue weighted by Crippen LogP contribution is -2.49. The number of methoxy groups -OCH3 is 1. The SMILES string of the molecule is CN[C@H](C(=O)OC)C(C)(C)c1cn(C)c2ccccc12. The lowest BCUT2D eigenvalue weighted by Gasteiger charge is -2.32. The molecule has 0 spiro atoms. The van der Waals surface area contributed by atoms with E-state index in [1.165, 1.54) is 12.5 Å². The third-order valence-electron chi connectivity index (χ3n) is 4.04. The lowest BCUT2D eigenvalue weighted by atomic mass is 9.77. The Morgan fingerprint density at radius 1 is 1.35 bits per heavy atom. The lowest BCUT2D eigenvalue weighted by molar-refractivity contribution is -0.144. The number of likely N-dealkylation sites (N-methyl/N-ethyl adjacent to an activating group) is 1. The Hall–Kier alpha value is -1.81. The zero-order chi connectivity index (χ0) is 14.9. The standard InChI is InChI=1S/C16H22N2O2/c1-16(2,14(17-3)15(19)20-5)12-10-18(4)13-9-7-6-8-11(12)13/h6-10,14,17H,1-5H3/t14-/m1/s1. The Morgan fingerprint density at radius 2 is 2.00 bits per heavy atom. The second kappa shape index (κ2) is 5.29. The molecule has 0 amide bonds. The summed E-state index contributed by atoms with van der Waals surface area (Å²) in [4.78, 5) is 12.0. The number of aromatic nitrogens is 1. The van der Waals surface area contributed by atoms with Crippen LogP contribution in [0.5, 0.6) is 0 Å². The van der Waals surface area contributed by atoms with Gasteiger partial charge in [0, 0.05) is 29.6 Å². The van der Waals surface area contributed by atoms with Crippen LogP contribution in [0.15, 0.2) is 30.5 Å². The summed E-state index contributed by atoms with van der Waals surface area (Å²) in [5, 5.41) is 4.25. The molecule has 0 radical (unpaired) electrons. The van der Waals surface area contributed by atoms with Gasteiger partial charge < -0.3 is 14.6 Å². The van der Waals surface area contributed by atoms with Gasteiger partial charge in [-0.05, 0) is 18.7 Å². The van der Waals surface area contributed by atoms with Crippen LogP contribution in [0.1, 0.15) is 19.4 Å². The number of rotatable bonds is 4. The van der Waals surface area contributed by atoms with Crippen molar-refractivity contribution >= 4 is 16.9 Å². The molecular weight excluding hydrogens is 252 g/mol. The summed E-state index contributed by atoms with van der Waals surface area (Å²) in [5.74, 6) is -0.245. The first-order chi connectivity index (χ1) is 9.43. The van der Waals surface area contributed by atoms with E-state index in [0.717, 1.165) is 11.1 Å². The number of nitrogens with one attached hydrogen (secondary N) is 1. The fraction of sp³-hybridized carbons (Fsp3) is 0.438. The highest BCUT2D eigenvalue weighted by Crippen LogP contribution is 2.34. The maximum absolute atomic E-state index is 12.0. The minimum Gasteiger partial charge on any atom is -0.468 e. The third kappa shape index (κ3) is 2.20. The quantitative estimate of drug-likeness (QED) is 0.869. The van der Waals surface area contributed by atoms with E-state index in [1.807, 2.05) is 19.2 Å². The van der Waals surface area contributed by atoms with Crippen LogP contribution in [-0.4, -0.2) is 30.7 Å². The molecule has 0 saturated carbocycles. The average Bonchev–Trinajstić information content (AvgIpc) is 2.78. The number of nitrogens with zero attached hydrogens (tertiary/aromatic N) is 1. The Morgan fingerprint density at radius 3 is 2.60 bits per heavy atom. The van der Waals surface area contributed by atoms with Crippen LogP contribution in [0.25, 0.3) is 10.9 Å². The van der Waals surface area contributed by atoms with Gasteiger partial charge in [-0.2, -0.15) is 0 Å². The molecule has 0 aliphatic rings. The van der Waals surface area contributed by atoms with E-state index >= 15 is 0 Å². The first kappa shape index (κ1) is 14.6. The first-order valence-corrected chi connectivity index (χ1v) is 6.73. The number of para-hydroxylation sites is 1. The molecule has 4 heteroatoms. The summed E-state index contributed by atoms with van der Waals surface area (Å²) in [5.41, 5.74) is 1.93. The minimum absolute atomic E-state index is 0.245.